The molecule has 0 aliphatic rings. The zero-order valence-electron chi connectivity index (χ0n) is 7.00. The number of alkyl halides is 1. The van der Waals surface area contributed by atoms with Crippen molar-refractivity contribution in [2.24, 2.45) is 5.18 Å². The second kappa shape index (κ2) is 5.83. The number of allylic oxidation sites excluding steroid dienone is 4. The molecule has 0 atom stereocenters. The molecule has 0 N–H and O–H groups in total. The summed E-state index contributed by atoms with van der Waals surface area (Å²) >= 11 is 3.04. The van der Waals surface area contributed by atoms with E-state index in [1.807, 2.05) is 0 Å². The highest BCUT2D eigenvalue weighted by Gasteiger charge is 2.03. The molecule has 0 radical (unpaired) electrons. The molecular formula is C8H10BrNO2. The monoisotopic (exact) mass is 231 g/mol. The van der Waals surface area contributed by atoms with Crippen molar-refractivity contribution < 1.29 is 4.79 Å². The minimum absolute atomic E-state index is 0.0551. The zero-order valence-corrected chi connectivity index (χ0v) is 8.59. The Balaban J connectivity index is 4.61. The maximum Gasteiger partial charge on any atom is 0.173 e. The summed E-state index contributed by atoms with van der Waals surface area (Å²) in [7, 11) is 0. The lowest BCUT2D eigenvalue weighted by Crippen LogP contribution is -2.01. The first-order valence-electron chi connectivity index (χ1n) is 3.42. The van der Waals surface area contributed by atoms with E-state index < -0.39 is 0 Å². The molecule has 0 bridgehead atoms. The Morgan fingerprint density at radius 3 is 2.50 bits per heavy atom. The van der Waals surface area contributed by atoms with Gasteiger partial charge in [0.05, 0.1) is 11.0 Å². The first-order valence-corrected chi connectivity index (χ1v) is 4.55. The van der Waals surface area contributed by atoms with Crippen LogP contribution >= 0.6 is 15.9 Å². The Bertz CT molecular complexity index is 243. The topological polar surface area (TPSA) is 46.5 Å². The Labute approximate surface area is 79.6 Å². The fraction of sp³-hybridized carbons (Fsp3) is 0.375. The van der Waals surface area contributed by atoms with Gasteiger partial charge in [0, 0.05) is 5.57 Å². The molecule has 0 aromatic heterocycles. The summed E-state index contributed by atoms with van der Waals surface area (Å²) in [4.78, 5) is 21.1. The number of nitrogens with zero attached hydrogens (tertiary/aromatic N) is 1. The SMILES string of the molecule is CC=C(C=C(C)N=O)C(=O)CBr. The van der Waals surface area contributed by atoms with E-state index in [1.54, 1.807) is 19.9 Å². The Hall–Kier alpha value is -0.770. The molecule has 12 heavy (non-hydrogen) atoms. The standard InChI is InChI=1S/C8H10BrNO2/c1-3-7(8(11)5-9)4-6(2)10-12/h3-4H,5H2,1-2H3. The van der Waals surface area contributed by atoms with Crippen molar-refractivity contribution in [2.75, 3.05) is 5.33 Å². The van der Waals surface area contributed by atoms with Gasteiger partial charge in [0.15, 0.2) is 5.78 Å². The van der Waals surface area contributed by atoms with Crippen molar-refractivity contribution in [1.82, 2.24) is 0 Å². The van der Waals surface area contributed by atoms with E-state index in [1.165, 1.54) is 6.08 Å². The Kier molecular flexibility index (Phi) is 5.45. The predicted molar refractivity (Wildman–Crippen MR) is 52.1 cm³/mol. The number of hydrogen-bond acceptors (Lipinski definition) is 3. The third-order valence-electron chi connectivity index (χ3n) is 1.26. The Morgan fingerprint density at radius 1 is 1.58 bits per heavy atom. The van der Waals surface area contributed by atoms with Crippen molar-refractivity contribution in [3.8, 4) is 0 Å². The van der Waals surface area contributed by atoms with Crippen molar-refractivity contribution >= 4 is 21.7 Å². The quantitative estimate of drug-likeness (QED) is 0.323. The number of Topliss-reactive ketones (excluding diaryl/α,β-unsaturated/α-hetero) is 1. The highest BCUT2D eigenvalue weighted by Crippen LogP contribution is 2.06. The summed E-state index contributed by atoms with van der Waals surface area (Å²) in [6.07, 6.45) is 3.12. The third kappa shape index (κ3) is 3.57. The molecule has 0 rings (SSSR count). The van der Waals surface area contributed by atoms with Crippen LogP contribution in [0.3, 0.4) is 0 Å². The zero-order chi connectivity index (χ0) is 9.56. The van der Waals surface area contributed by atoms with Crippen LogP contribution in [0, 0.1) is 4.91 Å². The van der Waals surface area contributed by atoms with Crippen molar-refractivity contribution in [3.63, 3.8) is 0 Å². The number of halogens is 1. The molecule has 0 saturated carbocycles. The van der Waals surface area contributed by atoms with E-state index in [0.29, 0.717) is 11.3 Å². The number of ketones is 1. The first kappa shape index (κ1) is 11.2. The summed E-state index contributed by atoms with van der Waals surface area (Å²) in [6.45, 7) is 3.29. The van der Waals surface area contributed by atoms with Crippen molar-refractivity contribution in [3.05, 3.63) is 28.3 Å². The second-order valence-corrected chi connectivity index (χ2v) is 2.74. The van der Waals surface area contributed by atoms with Crippen molar-refractivity contribution in [2.45, 2.75) is 13.8 Å². The Morgan fingerprint density at radius 2 is 2.17 bits per heavy atom. The molecule has 0 aromatic rings. The maximum atomic E-state index is 11.1. The van der Waals surface area contributed by atoms with Gasteiger partial charge >= 0.3 is 0 Å². The average molecular weight is 232 g/mol. The second-order valence-electron chi connectivity index (χ2n) is 2.18. The van der Waals surface area contributed by atoms with Crippen molar-refractivity contribution in [1.29, 1.82) is 0 Å². The van der Waals surface area contributed by atoms with Gasteiger partial charge in [-0.2, -0.15) is 0 Å². The lowest BCUT2D eigenvalue weighted by Gasteiger charge is -1.95. The molecular weight excluding hydrogens is 222 g/mol. The number of rotatable bonds is 4. The van der Waals surface area contributed by atoms with E-state index in [9.17, 15) is 9.70 Å². The van der Waals surface area contributed by atoms with E-state index in [0.717, 1.165) is 0 Å². The van der Waals surface area contributed by atoms with E-state index >= 15 is 0 Å². The van der Waals surface area contributed by atoms with Gasteiger partial charge in [0.1, 0.15) is 0 Å². The molecule has 66 valence electrons. The van der Waals surface area contributed by atoms with Crippen LogP contribution in [0.15, 0.2) is 28.6 Å². The first-order chi connectivity index (χ1) is 5.65. The number of hydrogen-bond donors (Lipinski definition) is 0. The summed E-state index contributed by atoms with van der Waals surface area (Å²) in [5, 5.41) is 2.95. The summed E-state index contributed by atoms with van der Waals surface area (Å²) in [6, 6.07) is 0. The van der Waals surface area contributed by atoms with Crippen LogP contribution in [0.2, 0.25) is 0 Å². The summed E-state index contributed by atoms with van der Waals surface area (Å²) in [5.74, 6) is -0.0551. The van der Waals surface area contributed by atoms with Crippen LogP contribution in [0.1, 0.15) is 13.8 Å². The molecule has 0 unspecified atom stereocenters. The van der Waals surface area contributed by atoms with Crippen LogP contribution in [0.25, 0.3) is 0 Å². The molecule has 0 amide bonds. The molecule has 0 spiro atoms. The fourth-order valence-electron chi connectivity index (χ4n) is 0.653. The average Bonchev–Trinajstić information content (AvgIpc) is 2.12. The molecule has 4 heteroatoms. The van der Waals surface area contributed by atoms with Gasteiger partial charge in [-0.1, -0.05) is 22.0 Å². The molecule has 0 fully saturated rings. The highest BCUT2D eigenvalue weighted by molar-refractivity contribution is 9.09. The molecule has 0 aromatic carbocycles. The maximum absolute atomic E-state index is 11.1. The van der Waals surface area contributed by atoms with Gasteiger partial charge in [-0.05, 0) is 25.1 Å². The largest absolute Gasteiger partial charge is 0.293 e. The molecule has 0 aliphatic heterocycles. The van der Waals surface area contributed by atoms with Crippen LogP contribution in [-0.2, 0) is 4.79 Å². The normalized spacial score (nSPS) is 12.9. The van der Waals surface area contributed by atoms with Gasteiger partial charge < -0.3 is 0 Å². The van der Waals surface area contributed by atoms with Crippen LogP contribution in [0.4, 0.5) is 0 Å². The van der Waals surface area contributed by atoms with E-state index in [-0.39, 0.29) is 11.1 Å². The number of carbonyl (C=O) groups excluding carboxylic acids is 1. The number of carbonyl (C=O) groups is 1. The third-order valence-corrected chi connectivity index (χ3v) is 1.77. The smallest absolute Gasteiger partial charge is 0.173 e. The molecule has 3 nitrogen and oxygen atoms in total. The molecule has 0 aliphatic carbocycles. The lowest BCUT2D eigenvalue weighted by molar-refractivity contribution is -0.112. The summed E-state index contributed by atoms with van der Waals surface area (Å²) < 4.78 is 0. The van der Waals surface area contributed by atoms with Crippen LogP contribution < -0.4 is 0 Å². The molecule has 0 saturated heterocycles. The molecule has 0 heterocycles. The predicted octanol–water partition coefficient (Wildman–Crippen LogP) is 2.57. The van der Waals surface area contributed by atoms with Crippen LogP contribution in [-0.4, -0.2) is 11.1 Å². The van der Waals surface area contributed by atoms with Gasteiger partial charge in [-0.25, -0.2) is 0 Å². The minimum Gasteiger partial charge on any atom is -0.293 e. The van der Waals surface area contributed by atoms with Gasteiger partial charge in [-0.15, -0.1) is 4.91 Å². The minimum atomic E-state index is -0.0551. The van der Waals surface area contributed by atoms with Gasteiger partial charge in [-0.3, -0.25) is 4.79 Å². The summed E-state index contributed by atoms with van der Waals surface area (Å²) in [5.41, 5.74) is 0.807. The van der Waals surface area contributed by atoms with E-state index in [4.69, 9.17) is 0 Å². The van der Waals surface area contributed by atoms with Crippen LogP contribution in [0.5, 0.6) is 0 Å². The fourth-order valence-corrected chi connectivity index (χ4v) is 0.977. The van der Waals surface area contributed by atoms with Gasteiger partial charge in [0.2, 0.25) is 0 Å². The highest BCUT2D eigenvalue weighted by atomic mass is 79.9. The lowest BCUT2D eigenvalue weighted by atomic mass is 10.1. The van der Waals surface area contributed by atoms with E-state index in [2.05, 4.69) is 21.1 Å². The number of nitroso groups, excluding NO2 is 1. The van der Waals surface area contributed by atoms with Gasteiger partial charge in [0.25, 0.3) is 0 Å².